The van der Waals surface area contributed by atoms with Crippen molar-refractivity contribution in [2.75, 3.05) is 0 Å². The second kappa shape index (κ2) is 5.02. The summed E-state index contributed by atoms with van der Waals surface area (Å²) >= 11 is 7.73. The van der Waals surface area contributed by atoms with E-state index in [2.05, 4.69) is 39.8 Å². The summed E-state index contributed by atoms with van der Waals surface area (Å²) in [7, 11) is 0. The molecule has 96 valence electrons. The van der Waals surface area contributed by atoms with Gasteiger partial charge in [-0.2, -0.15) is 0 Å². The summed E-state index contributed by atoms with van der Waals surface area (Å²) in [6, 6.07) is 8.02. The quantitative estimate of drug-likeness (QED) is 0.725. The largest absolute Gasteiger partial charge is 0.245 e. The first-order chi connectivity index (χ1) is 8.41. The molecule has 0 N–H and O–H groups in total. The van der Waals surface area contributed by atoms with Crippen molar-refractivity contribution in [3.63, 3.8) is 0 Å². The number of halogens is 1. The van der Waals surface area contributed by atoms with Crippen molar-refractivity contribution in [2.45, 2.75) is 39.5 Å². The van der Waals surface area contributed by atoms with Crippen LogP contribution in [0.2, 0.25) is 5.02 Å². The van der Waals surface area contributed by atoms with E-state index in [0.717, 1.165) is 11.4 Å². The van der Waals surface area contributed by atoms with Crippen molar-refractivity contribution in [3.05, 3.63) is 40.0 Å². The zero-order valence-electron chi connectivity index (χ0n) is 11.2. The first-order valence-electron chi connectivity index (χ1n) is 6.18. The highest BCUT2D eigenvalue weighted by atomic mass is 35.5. The average molecular weight is 280 g/mol. The Kier molecular flexibility index (Phi) is 3.79. The molecule has 3 heteroatoms. The summed E-state index contributed by atoms with van der Waals surface area (Å²) < 4.78 is 0. The number of aromatic nitrogens is 1. The molecule has 1 aromatic heterocycles. The van der Waals surface area contributed by atoms with E-state index < -0.39 is 0 Å². The maximum absolute atomic E-state index is 5.94. The van der Waals surface area contributed by atoms with Gasteiger partial charge in [-0.3, -0.25) is 0 Å². The first kappa shape index (κ1) is 13.6. The smallest absolute Gasteiger partial charge is 0.0988 e. The van der Waals surface area contributed by atoms with Gasteiger partial charge in [-0.1, -0.05) is 51.4 Å². The molecule has 2 rings (SSSR count). The van der Waals surface area contributed by atoms with Crippen molar-refractivity contribution >= 4 is 22.9 Å². The summed E-state index contributed by atoms with van der Waals surface area (Å²) in [5, 5.41) is 1.97. The fraction of sp³-hybridized carbons (Fsp3) is 0.400. The molecule has 0 radical (unpaired) electrons. The predicted octanol–water partition coefficient (Wildman–Crippen LogP) is 5.32. The fourth-order valence-electron chi connectivity index (χ4n) is 1.74. The van der Waals surface area contributed by atoms with Crippen molar-refractivity contribution in [1.29, 1.82) is 0 Å². The minimum atomic E-state index is 0.110. The van der Waals surface area contributed by atoms with Crippen LogP contribution in [0.25, 0.3) is 10.4 Å². The van der Waals surface area contributed by atoms with Crippen LogP contribution >= 0.6 is 22.9 Å². The topological polar surface area (TPSA) is 12.9 Å². The molecule has 1 heterocycles. The number of hydrogen-bond acceptors (Lipinski definition) is 2. The minimum absolute atomic E-state index is 0.110. The third-order valence-electron chi connectivity index (χ3n) is 2.78. The van der Waals surface area contributed by atoms with Crippen LogP contribution in [0.3, 0.4) is 0 Å². The van der Waals surface area contributed by atoms with Crippen LogP contribution in [0.15, 0.2) is 24.3 Å². The van der Waals surface area contributed by atoms with E-state index in [9.17, 15) is 0 Å². The van der Waals surface area contributed by atoms with E-state index in [4.69, 9.17) is 16.6 Å². The van der Waals surface area contributed by atoms with Crippen LogP contribution in [-0.2, 0) is 11.8 Å². The molecule has 0 aliphatic heterocycles. The van der Waals surface area contributed by atoms with Gasteiger partial charge in [0.2, 0.25) is 0 Å². The Hall–Kier alpha value is -0.860. The molecule has 0 amide bonds. The SMILES string of the molecule is CCc1nc(C(C)(C)C)sc1-c1ccc(Cl)cc1. The number of nitrogens with zero attached hydrogens (tertiary/aromatic N) is 1. The lowest BCUT2D eigenvalue weighted by Crippen LogP contribution is -2.10. The Morgan fingerprint density at radius 3 is 2.28 bits per heavy atom. The highest BCUT2D eigenvalue weighted by Gasteiger charge is 2.21. The van der Waals surface area contributed by atoms with Crippen molar-refractivity contribution in [1.82, 2.24) is 4.98 Å². The van der Waals surface area contributed by atoms with Gasteiger partial charge in [0.25, 0.3) is 0 Å². The predicted molar refractivity (Wildman–Crippen MR) is 80.6 cm³/mol. The van der Waals surface area contributed by atoms with Gasteiger partial charge in [-0.15, -0.1) is 11.3 Å². The zero-order valence-corrected chi connectivity index (χ0v) is 12.8. The van der Waals surface area contributed by atoms with Crippen LogP contribution in [0.4, 0.5) is 0 Å². The maximum atomic E-state index is 5.94. The summed E-state index contributed by atoms with van der Waals surface area (Å²) in [6.07, 6.45) is 0.963. The highest BCUT2D eigenvalue weighted by molar-refractivity contribution is 7.15. The van der Waals surface area contributed by atoms with E-state index in [-0.39, 0.29) is 5.41 Å². The van der Waals surface area contributed by atoms with Crippen LogP contribution in [0.1, 0.15) is 38.4 Å². The van der Waals surface area contributed by atoms with Gasteiger partial charge in [0.15, 0.2) is 0 Å². The second-order valence-electron chi connectivity index (χ2n) is 5.41. The van der Waals surface area contributed by atoms with Gasteiger partial charge in [0.05, 0.1) is 15.6 Å². The molecule has 0 saturated carbocycles. The van der Waals surface area contributed by atoms with Crippen molar-refractivity contribution in [2.24, 2.45) is 0 Å². The lowest BCUT2D eigenvalue weighted by molar-refractivity contribution is 0.583. The summed E-state index contributed by atoms with van der Waals surface area (Å²) in [4.78, 5) is 6.06. The van der Waals surface area contributed by atoms with E-state index >= 15 is 0 Å². The maximum Gasteiger partial charge on any atom is 0.0988 e. The lowest BCUT2D eigenvalue weighted by Gasteiger charge is -2.13. The third-order valence-corrected chi connectivity index (χ3v) is 4.60. The monoisotopic (exact) mass is 279 g/mol. The standard InChI is InChI=1S/C15H18ClNS/c1-5-12-13(10-6-8-11(16)9-7-10)18-14(17-12)15(2,3)4/h6-9H,5H2,1-4H3. The molecule has 0 fully saturated rings. The van der Waals surface area contributed by atoms with Gasteiger partial charge < -0.3 is 0 Å². The molecular formula is C15H18ClNS. The van der Waals surface area contributed by atoms with Gasteiger partial charge >= 0.3 is 0 Å². The molecule has 2 aromatic rings. The molecule has 0 atom stereocenters. The van der Waals surface area contributed by atoms with E-state index in [0.29, 0.717) is 0 Å². The number of aryl methyl sites for hydroxylation is 1. The molecule has 0 aliphatic carbocycles. The Morgan fingerprint density at radius 1 is 1.17 bits per heavy atom. The molecule has 0 spiro atoms. The van der Waals surface area contributed by atoms with E-state index in [1.165, 1.54) is 21.1 Å². The van der Waals surface area contributed by atoms with Crippen LogP contribution in [-0.4, -0.2) is 4.98 Å². The number of rotatable bonds is 2. The summed E-state index contributed by atoms with van der Waals surface area (Å²) in [6.45, 7) is 8.77. The molecule has 1 aromatic carbocycles. The molecular weight excluding hydrogens is 262 g/mol. The van der Waals surface area contributed by atoms with Crippen molar-refractivity contribution < 1.29 is 0 Å². The number of benzene rings is 1. The van der Waals surface area contributed by atoms with E-state index in [1.54, 1.807) is 11.3 Å². The Morgan fingerprint density at radius 2 is 1.78 bits per heavy atom. The molecule has 0 unspecified atom stereocenters. The molecule has 0 saturated heterocycles. The molecule has 0 bridgehead atoms. The van der Waals surface area contributed by atoms with Gasteiger partial charge in [0.1, 0.15) is 0 Å². The summed E-state index contributed by atoms with van der Waals surface area (Å²) in [5.41, 5.74) is 2.51. The first-order valence-corrected chi connectivity index (χ1v) is 7.37. The number of thiazole rings is 1. The normalized spacial score (nSPS) is 11.8. The van der Waals surface area contributed by atoms with Crippen LogP contribution in [0, 0.1) is 0 Å². The van der Waals surface area contributed by atoms with Crippen LogP contribution < -0.4 is 0 Å². The van der Waals surface area contributed by atoms with Gasteiger partial charge in [-0.05, 0) is 24.1 Å². The minimum Gasteiger partial charge on any atom is -0.245 e. The molecule has 1 nitrogen and oxygen atoms in total. The second-order valence-corrected chi connectivity index (χ2v) is 6.84. The molecule has 18 heavy (non-hydrogen) atoms. The fourth-order valence-corrected chi connectivity index (χ4v) is 3.08. The zero-order chi connectivity index (χ0) is 13.3. The van der Waals surface area contributed by atoms with Gasteiger partial charge in [-0.25, -0.2) is 4.98 Å². The van der Waals surface area contributed by atoms with Gasteiger partial charge in [0, 0.05) is 10.4 Å². The Labute approximate surface area is 118 Å². The Bertz CT molecular complexity index is 535. The average Bonchev–Trinajstić information content (AvgIpc) is 2.73. The third kappa shape index (κ3) is 2.76. The lowest BCUT2D eigenvalue weighted by atomic mass is 9.98. The van der Waals surface area contributed by atoms with Crippen LogP contribution in [0.5, 0.6) is 0 Å². The highest BCUT2D eigenvalue weighted by Crippen LogP contribution is 2.36. The number of hydrogen-bond donors (Lipinski definition) is 0. The van der Waals surface area contributed by atoms with Crippen molar-refractivity contribution in [3.8, 4) is 10.4 Å². The summed E-state index contributed by atoms with van der Waals surface area (Å²) in [5.74, 6) is 0. The Balaban J connectivity index is 2.50. The van der Waals surface area contributed by atoms with E-state index in [1.807, 2.05) is 12.1 Å². The molecule has 0 aliphatic rings.